The first-order chi connectivity index (χ1) is 13.4. The van der Waals surface area contributed by atoms with Crippen molar-refractivity contribution in [1.29, 1.82) is 0 Å². The van der Waals surface area contributed by atoms with Gasteiger partial charge in [0, 0.05) is 38.4 Å². The number of β-amino-alcohol motifs (C(OH)–C–C–N with tert-alkyl or cyclic N) is 1. The van der Waals surface area contributed by atoms with Gasteiger partial charge in [0.25, 0.3) is 0 Å². The number of benzene rings is 1. The van der Waals surface area contributed by atoms with Crippen LogP contribution in [0.2, 0.25) is 0 Å². The van der Waals surface area contributed by atoms with Crippen LogP contribution in [0.3, 0.4) is 0 Å². The highest BCUT2D eigenvalue weighted by Gasteiger charge is 2.32. The van der Waals surface area contributed by atoms with E-state index in [2.05, 4.69) is 30.6 Å². The van der Waals surface area contributed by atoms with Crippen LogP contribution in [0.1, 0.15) is 40.0 Å². The number of rotatable bonds is 7. The van der Waals surface area contributed by atoms with Crippen molar-refractivity contribution >= 4 is 5.69 Å². The van der Waals surface area contributed by atoms with Crippen molar-refractivity contribution in [1.82, 2.24) is 4.90 Å². The molecule has 0 radical (unpaired) electrons. The van der Waals surface area contributed by atoms with Crippen LogP contribution in [0.5, 0.6) is 0 Å². The van der Waals surface area contributed by atoms with E-state index in [1.54, 1.807) is 0 Å². The fourth-order valence-electron chi connectivity index (χ4n) is 4.73. The predicted octanol–water partition coefficient (Wildman–Crippen LogP) is 3.79. The molecule has 3 rings (SSSR count). The van der Waals surface area contributed by atoms with E-state index in [1.165, 1.54) is 25.0 Å². The van der Waals surface area contributed by atoms with Gasteiger partial charge in [-0.3, -0.25) is 4.90 Å². The Bertz CT molecular complexity index is 587. The molecule has 2 aliphatic rings. The number of anilines is 1. The summed E-state index contributed by atoms with van der Waals surface area (Å²) >= 11 is 0. The summed E-state index contributed by atoms with van der Waals surface area (Å²) in [5.41, 5.74) is 1.07. The Hall–Kier alpha value is -1.17. The third-order valence-corrected chi connectivity index (χ3v) is 6.50. The van der Waals surface area contributed by atoms with Gasteiger partial charge in [0.05, 0.1) is 18.8 Å². The third kappa shape index (κ3) is 5.91. The quantitative estimate of drug-likeness (QED) is 0.766. The minimum Gasteiger partial charge on any atom is -0.389 e. The van der Waals surface area contributed by atoms with Gasteiger partial charge in [0.2, 0.25) is 0 Å². The second-order valence-electron chi connectivity index (χ2n) is 9.12. The fraction of sp³-hybridized carbons (Fsp3) is 0.739. The lowest BCUT2D eigenvalue weighted by atomic mass is 9.75. The van der Waals surface area contributed by atoms with Crippen LogP contribution in [0.15, 0.2) is 24.3 Å². The first-order valence-electron chi connectivity index (χ1n) is 10.9. The van der Waals surface area contributed by atoms with E-state index in [4.69, 9.17) is 4.74 Å². The van der Waals surface area contributed by atoms with Crippen LogP contribution < -0.4 is 4.90 Å². The van der Waals surface area contributed by atoms with Crippen molar-refractivity contribution in [3.8, 4) is 0 Å². The minimum atomic E-state index is -0.442. The van der Waals surface area contributed by atoms with Gasteiger partial charge in [-0.25, -0.2) is 4.39 Å². The maximum Gasteiger partial charge on any atom is 0.123 e. The number of halogens is 1. The molecule has 1 saturated heterocycles. The predicted molar refractivity (Wildman–Crippen MR) is 112 cm³/mol. The Kier molecular flexibility index (Phi) is 7.72. The minimum absolute atomic E-state index is 0.197. The molecule has 158 valence electrons. The van der Waals surface area contributed by atoms with Crippen LogP contribution in [0.4, 0.5) is 10.1 Å². The van der Waals surface area contributed by atoms with Gasteiger partial charge in [0.1, 0.15) is 5.82 Å². The molecule has 1 saturated carbocycles. The SMILES string of the molecule is CC(C)[C@H]1CC[C@H](C)C[C@H]1OC[C@H](O)CN1CCN(c2ccc(F)cc2)CC1. The van der Waals surface area contributed by atoms with Crippen molar-refractivity contribution in [2.24, 2.45) is 17.8 Å². The highest BCUT2D eigenvalue weighted by molar-refractivity contribution is 5.46. The first-order valence-corrected chi connectivity index (χ1v) is 10.9. The van der Waals surface area contributed by atoms with E-state index >= 15 is 0 Å². The second kappa shape index (κ2) is 10.0. The van der Waals surface area contributed by atoms with Crippen molar-refractivity contribution < 1.29 is 14.2 Å². The summed E-state index contributed by atoms with van der Waals surface area (Å²) < 4.78 is 19.3. The molecule has 1 aromatic carbocycles. The summed E-state index contributed by atoms with van der Waals surface area (Å²) in [6.07, 6.45) is 3.50. The Morgan fingerprint density at radius 2 is 1.79 bits per heavy atom. The van der Waals surface area contributed by atoms with Crippen LogP contribution in [-0.2, 0) is 4.74 Å². The molecule has 28 heavy (non-hydrogen) atoms. The summed E-state index contributed by atoms with van der Waals surface area (Å²) in [7, 11) is 0. The lowest BCUT2D eigenvalue weighted by Crippen LogP contribution is -2.49. The summed E-state index contributed by atoms with van der Waals surface area (Å²) in [6, 6.07) is 6.70. The van der Waals surface area contributed by atoms with Gasteiger partial charge >= 0.3 is 0 Å². The molecule has 1 N–H and O–H groups in total. The zero-order valence-corrected chi connectivity index (χ0v) is 17.7. The molecule has 0 spiro atoms. The number of aliphatic hydroxyl groups is 1. The molecule has 1 aliphatic heterocycles. The maximum absolute atomic E-state index is 13.1. The Morgan fingerprint density at radius 1 is 1.11 bits per heavy atom. The van der Waals surface area contributed by atoms with Gasteiger partial charge in [-0.15, -0.1) is 0 Å². The van der Waals surface area contributed by atoms with Crippen LogP contribution in [-0.4, -0.2) is 61.5 Å². The topological polar surface area (TPSA) is 35.9 Å². The van der Waals surface area contributed by atoms with E-state index in [0.717, 1.165) is 44.2 Å². The second-order valence-corrected chi connectivity index (χ2v) is 9.12. The van der Waals surface area contributed by atoms with E-state index in [0.29, 0.717) is 25.0 Å². The molecule has 0 aromatic heterocycles. The first kappa shape index (κ1) is 21.5. The number of ether oxygens (including phenoxy) is 1. The lowest BCUT2D eigenvalue weighted by molar-refractivity contribution is -0.0740. The average Bonchev–Trinajstić information content (AvgIpc) is 2.67. The van der Waals surface area contributed by atoms with Crippen LogP contribution in [0, 0.1) is 23.6 Å². The number of nitrogens with zero attached hydrogens (tertiary/aromatic N) is 2. The Balaban J connectivity index is 1.40. The van der Waals surface area contributed by atoms with E-state index in [9.17, 15) is 9.50 Å². The van der Waals surface area contributed by atoms with Gasteiger partial charge in [0.15, 0.2) is 0 Å². The zero-order valence-electron chi connectivity index (χ0n) is 17.7. The van der Waals surface area contributed by atoms with Gasteiger partial charge in [-0.1, -0.05) is 27.2 Å². The van der Waals surface area contributed by atoms with E-state index in [1.807, 2.05) is 12.1 Å². The Labute approximate surface area is 169 Å². The standard InChI is InChI=1S/C23H37FN2O2/c1-17(2)22-9-4-18(3)14-23(22)28-16-21(27)15-25-10-12-26(13-11-25)20-7-5-19(24)6-8-20/h5-8,17-18,21-23,27H,4,9-16H2,1-3H3/t18-,21+,22+,23+/m0/s1. The third-order valence-electron chi connectivity index (χ3n) is 6.50. The molecule has 1 aliphatic carbocycles. The highest BCUT2D eigenvalue weighted by Crippen LogP contribution is 2.35. The monoisotopic (exact) mass is 392 g/mol. The van der Waals surface area contributed by atoms with Crippen molar-refractivity contribution in [3.05, 3.63) is 30.1 Å². The number of aliphatic hydroxyl groups excluding tert-OH is 1. The lowest BCUT2D eigenvalue weighted by Gasteiger charge is -2.39. The smallest absolute Gasteiger partial charge is 0.123 e. The molecule has 0 amide bonds. The fourth-order valence-corrected chi connectivity index (χ4v) is 4.73. The summed E-state index contributed by atoms with van der Waals surface area (Å²) in [4.78, 5) is 4.58. The number of piperazine rings is 1. The van der Waals surface area contributed by atoms with Crippen LogP contribution >= 0.6 is 0 Å². The normalized spacial score (nSPS) is 27.9. The van der Waals surface area contributed by atoms with Crippen molar-refractivity contribution in [2.75, 3.05) is 44.2 Å². The van der Waals surface area contributed by atoms with Gasteiger partial charge in [-0.05, 0) is 54.9 Å². The summed E-state index contributed by atoms with van der Waals surface area (Å²) in [6.45, 7) is 11.6. The molecular weight excluding hydrogens is 355 g/mol. The number of hydrogen-bond donors (Lipinski definition) is 1. The number of hydrogen-bond acceptors (Lipinski definition) is 4. The summed E-state index contributed by atoms with van der Waals surface area (Å²) in [5.74, 6) is 1.77. The average molecular weight is 393 g/mol. The van der Waals surface area contributed by atoms with Crippen molar-refractivity contribution in [2.45, 2.75) is 52.2 Å². The molecule has 2 fully saturated rings. The largest absolute Gasteiger partial charge is 0.389 e. The molecule has 1 heterocycles. The molecule has 1 aromatic rings. The van der Waals surface area contributed by atoms with Gasteiger partial charge < -0.3 is 14.7 Å². The van der Waals surface area contributed by atoms with E-state index in [-0.39, 0.29) is 11.9 Å². The summed E-state index contributed by atoms with van der Waals surface area (Å²) in [5, 5.41) is 10.5. The van der Waals surface area contributed by atoms with E-state index < -0.39 is 6.10 Å². The molecule has 0 unspecified atom stereocenters. The van der Waals surface area contributed by atoms with Gasteiger partial charge in [-0.2, -0.15) is 0 Å². The maximum atomic E-state index is 13.1. The molecule has 0 bridgehead atoms. The highest BCUT2D eigenvalue weighted by atomic mass is 19.1. The zero-order chi connectivity index (χ0) is 20.1. The molecule has 4 atom stereocenters. The molecule has 4 nitrogen and oxygen atoms in total. The Morgan fingerprint density at radius 3 is 2.43 bits per heavy atom. The van der Waals surface area contributed by atoms with Crippen molar-refractivity contribution in [3.63, 3.8) is 0 Å². The van der Waals surface area contributed by atoms with Crippen LogP contribution in [0.25, 0.3) is 0 Å². The molecule has 5 heteroatoms. The molecular formula is C23H37FN2O2.